The Hall–Kier alpha value is -1.76. The van der Waals surface area contributed by atoms with E-state index in [-0.39, 0.29) is 17.3 Å². The Morgan fingerprint density at radius 1 is 1.29 bits per heavy atom. The fourth-order valence-corrected chi connectivity index (χ4v) is 2.06. The van der Waals surface area contributed by atoms with Gasteiger partial charge in [0, 0.05) is 13.1 Å². The molecule has 0 saturated heterocycles. The molecule has 8 heteroatoms. The smallest absolute Gasteiger partial charge is 0.407 e. The highest BCUT2D eigenvalue weighted by molar-refractivity contribution is 6.33. The molecular formula is C9H10ClN3O4. The fraction of sp³-hybridized carbons (Fsp3) is 0.444. The van der Waals surface area contributed by atoms with Gasteiger partial charge < -0.3 is 15.1 Å². The molecule has 2 rings (SSSR count). The number of nitrogens with zero attached hydrogens (tertiary/aromatic N) is 3. The molecule has 0 atom stereocenters. The van der Waals surface area contributed by atoms with Gasteiger partial charge in [-0.3, -0.25) is 4.68 Å². The van der Waals surface area contributed by atoms with Crippen molar-refractivity contribution in [2.24, 2.45) is 0 Å². The zero-order valence-corrected chi connectivity index (χ0v) is 9.51. The first-order valence-electron chi connectivity index (χ1n) is 4.97. The minimum absolute atomic E-state index is 0.0191. The molecule has 0 aliphatic carbocycles. The third-order valence-corrected chi connectivity index (χ3v) is 3.00. The van der Waals surface area contributed by atoms with Crippen LogP contribution in [0.5, 0.6) is 0 Å². The molecule has 17 heavy (non-hydrogen) atoms. The molecule has 2 N–H and O–H groups in total. The molecule has 1 aromatic heterocycles. The monoisotopic (exact) mass is 259 g/mol. The summed E-state index contributed by atoms with van der Waals surface area (Å²) in [6, 6.07) is 0. The first-order chi connectivity index (χ1) is 8.00. The number of carbonyl (C=O) groups is 2. The van der Waals surface area contributed by atoms with Crippen LogP contribution in [-0.4, -0.2) is 43.5 Å². The Balaban J connectivity index is 2.40. The largest absolute Gasteiger partial charge is 0.476 e. The standard InChI is InChI=1S/C9H10ClN3O4/c10-6-5-4-12(9(16)17)2-1-3-13(5)11-7(6)8(14)15/h1-4H2,(H,14,15)(H,16,17). The average molecular weight is 260 g/mol. The molecule has 1 aliphatic heterocycles. The van der Waals surface area contributed by atoms with Gasteiger partial charge in [-0.15, -0.1) is 0 Å². The molecule has 0 spiro atoms. The van der Waals surface area contributed by atoms with E-state index in [1.54, 1.807) is 0 Å². The molecule has 0 aromatic carbocycles. The summed E-state index contributed by atoms with van der Waals surface area (Å²) in [4.78, 5) is 22.9. The van der Waals surface area contributed by atoms with Crippen molar-refractivity contribution in [1.82, 2.24) is 14.7 Å². The van der Waals surface area contributed by atoms with Crippen molar-refractivity contribution < 1.29 is 19.8 Å². The molecule has 2 heterocycles. The Labute approximate surface area is 101 Å². The number of fused-ring (bicyclic) bond motifs is 1. The van der Waals surface area contributed by atoms with Gasteiger partial charge in [0.15, 0.2) is 5.69 Å². The van der Waals surface area contributed by atoms with E-state index >= 15 is 0 Å². The highest BCUT2D eigenvalue weighted by Gasteiger charge is 2.26. The first kappa shape index (κ1) is 11.7. The number of amides is 1. The highest BCUT2D eigenvalue weighted by Crippen LogP contribution is 2.24. The zero-order chi connectivity index (χ0) is 12.6. The molecule has 0 unspecified atom stereocenters. The lowest BCUT2D eigenvalue weighted by molar-refractivity contribution is 0.0689. The number of aryl methyl sites for hydroxylation is 1. The first-order valence-corrected chi connectivity index (χ1v) is 5.35. The van der Waals surface area contributed by atoms with Gasteiger partial charge in [0.1, 0.15) is 0 Å². The number of hydrogen-bond donors (Lipinski definition) is 2. The number of aromatic carboxylic acids is 1. The molecule has 1 amide bonds. The Bertz CT molecular complexity index is 485. The minimum Gasteiger partial charge on any atom is -0.476 e. The van der Waals surface area contributed by atoms with Crippen molar-refractivity contribution in [2.75, 3.05) is 6.54 Å². The van der Waals surface area contributed by atoms with Gasteiger partial charge in [-0.05, 0) is 6.42 Å². The van der Waals surface area contributed by atoms with Crippen LogP contribution in [0.2, 0.25) is 5.02 Å². The molecule has 1 aromatic rings. The lowest BCUT2D eigenvalue weighted by Crippen LogP contribution is -2.29. The minimum atomic E-state index is -1.21. The second-order valence-corrected chi connectivity index (χ2v) is 4.07. The SMILES string of the molecule is O=C(O)c1nn2c(c1Cl)CN(C(=O)O)CCC2. The van der Waals surface area contributed by atoms with Crippen molar-refractivity contribution in [3.05, 3.63) is 16.4 Å². The number of aromatic nitrogens is 2. The van der Waals surface area contributed by atoms with Gasteiger partial charge >= 0.3 is 12.1 Å². The van der Waals surface area contributed by atoms with Crippen molar-refractivity contribution in [3.8, 4) is 0 Å². The quantitative estimate of drug-likeness (QED) is 0.788. The molecule has 0 radical (unpaired) electrons. The third kappa shape index (κ3) is 2.05. The summed E-state index contributed by atoms with van der Waals surface area (Å²) in [6.45, 7) is 0.915. The van der Waals surface area contributed by atoms with E-state index in [4.69, 9.17) is 21.8 Å². The van der Waals surface area contributed by atoms with E-state index in [0.29, 0.717) is 25.2 Å². The van der Waals surface area contributed by atoms with Gasteiger partial charge in [0.25, 0.3) is 0 Å². The van der Waals surface area contributed by atoms with Gasteiger partial charge in [-0.2, -0.15) is 5.10 Å². The second-order valence-electron chi connectivity index (χ2n) is 3.70. The number of carboxylic acids is 1. The molecule has 7 nitrogen and oxygen atoms in total. The van der Waals surface area contributed by atoms with Gasteiger partial charge in [-0.1, -0.05) is 11.6 Å². The van der Waals surface area contributed by atoms with Crippen LogP contribution in [-0.2, 0) is 13.1 Å². The van der Waals surface area contributed by atoms with Gasteiger partial charge in [0.05, 0.1) is 17.3 Å². The molecular weight excluding hydrogens is 250 g/mol. The van der Waals surface area contributed by atoms with Crippen LogP contribution < -0.4 is 0 Å². The highest BCUT2D eigenvalue weighted by atomic mass is 35.5. The molecule has 0 bridgehead atoms. The van der Waals surface area contributed by atoms with Crippen LogP contribution in [0.1, 0.15) is 22.6 Å². The topological polar surface area (TPSA) is 95.7 Å². The fourth-order valence-electron chi connectivity index (χ4n) is 1.78. The van der Waals surface area contributed by atoms with Crippen LogP contribution in [0, 0.1) is 0 Å². The van der Waals surface area contributed by atoms with Crippen LogP contribution >= 0.6 is 11.6 Å². The van der Waals surface area contributed by atoms with Crippen molar-refractivity contribution >= 4 is 23.7 Å². The molecule has 1 aliphatic rings. The van der Waals surface area contributed by atoms with E-state index in [9.17, 15) is 9.59 Å². The van der Waals surface area contributed by atoms with Gasteiger partial charge in [0.2, 0.25) is 0 Å². The summed E-state index contributed by atoms with van der Waals surface area (Å²) < 4.78 is 1.47. The summed E-state index contributed by atoms with van der Waals surface area (Å²) in [5.41, 5.74) is 0.206. The molecule has 0 fully saturated rings. The number of halogens is 1. The van der Waals surface area contributed by atoms with E-state index in [1.165, 1.54) is 9.58 Å². The maximum atomic E-state index is 10.9. The van der Waals surface area contributed by atoms with E-state index in [0.717, 1.165) is 0 Å². The second kappa shape index (κ2) is 4.25. The molecule has 0 saturated carbocycles. The normalized spacial score (nSPS) is 15.2. The van der Waals surface area contributed by atoms with Crippen molar-refractivity contribution in [1.29, 1.82) is 0 Å². The zero-order valence-electron chi connectivity index (χ0n) is 8.76. The van der Waals surface area contributed by atoms with E-state index in [1.807, 2.05) is 0 Å². The van der Waals surface area contributed by atoms with Crippen molar-refractivity contribution in [3.63, 3.8) is 0 Å². The van der Waals surface area contributed by atoms with Crippen LogP contribution in [0.3, 0.4) is 0 Å². The Kier molecular flexibility index (Phi) is 2.93. The number of carboxylic acid groups (broad SMARTS) is 2. The summed E-state index contributed by atoms with van der Waals surface area (Å²) in [5.74, 6) is -1.21. The third-order valence-electron chi connectivity index (χ3n) is 2.61. The summed E-state index contributed by atoms with van der Waals surface area (Å²) >= 11 is 5.90. The number of hydrogen-bond acceptors (Lipinski definition) is 3. The Morgan fingerprint density at radius 2 is 2.00 bits per heavy atom. The van der Waals surface area contributed by atoms with Crippen LogP contribution in [0.25, 0.3) is 0 Å². The lowest BCUT2D eigenvalue weighted by atomic mass is 10.3. The maximum Gasteiger partial charge on any atom is 0.407 e. The summed E-state index contributed by atoms with van der Waals surface area (Å²) in [7, 11) is 0. The number of rotatable bonds is 1. The van der Waals surface area contributed by atoms with Crippen LogP contribution in [0.4, 0.5) is 4.79 Å². The maximum absolute atomic E-state index is 10.9. The lowest BCUT2D eigenvalue weighted by Gasteiger charge is -2.15. The Morgan fingerprint density at radius 3 is 2.59 bits per heavy atom. The van der Waals surface area contributed by atoms with E-state index in [2.05, 4.69) is 5.10 Å². The predicted molar refractivity (Wildman–Crippen MR) is 57.2 cm³/mol. The van der Waals surface area contributed by atoms with Crippen molar-refractivity contribution in [2.45, 2.75) is 19.5 Å². The van der Waals surface area contributed by atoms with E-state index < -0.39 is 12.1 Å². The summed E-state index contributed by atoms with van der Waals surface area (Å²) in [5, 5.41) is 21.7. The average Bonchev–Trinajstić information content (AvgIpc) is 2.47. The molecule has 92 valence electrons. The van der Waals surface area contributed by atoms with Crippen LogP contribution in [0.15, 0.2) is 0 Å². The predicted octanol–water partition coefficient (Wildman–Crippen LogP) is 1.12. The summed E-state index contributed by atoms with van der Waals surface area (Å²) in [6.07, 6.45) is -0.469. The van der Waals surface area contributed by atoms with Gasteiger partial charge in [-0.25, -0.2) is 9.59 Å².